The number of halogens is 2. The zero-order valence-corrected chi connectivity index (χ0v) is 23.0. The van der Waals surface area contributed by atoms with E-state index in [1.54, 1.807) is 0 Å². The summed E-state index contributed by atoms with van der Waals surface area (Å²) in [6.07, 6.45) is 8.75. The maximum Gasteiger partial charge on any atom is 2.00 e. The van der Waals surface area contributed by atoms with Gasteiger partial charge in [-0.15, -0.1) is 0 Å². The average molecular weight is 578 g/mol. The summed E-state index contributed by atoms with van der Waals surface area (Å²) in [6, 6.07) is 8.68. The number of hydrogen-bond donors (Lipinski definition) is 1. The summed E-state index contributed by atoms with van der Waals surface area (Å²) in [4.78, 5) is 3.77. The van der Waals surface area contributed by atoms with Crippen LogP contribution >= 0.6 is 0 Å². The normalized spacial score (nSPS) is 14.4. The van der Waals surface area contributed by atoms with Gasteiger partial charge in [0.05, 0.1) is 0 Å². The Morgan fingerprint density at radius 2 is 1.44 bits per heavy atom. The van der Waals surface area contributed by atoms with Crippen LogP contribution in [0, 0.1) is 0 Å². The molecule has 1 aromatic carbocycles. The van der Waals surface area contributed by atoms with Crippen molar-refractivity contribution in [3.8, 4) is 0 Å². The van der Waals surface area contributed by atoms with Crippen molar-refractivity contribution in [1.82, 2.24) is 4.98 Å². The van der Waals surface area contributed by atoms with Crippen molar-refractivity contribution in [2.24, 2.45) is 4.66 Å². The standard InChI is InChI=1S/C18H28N2Si2.2ClH.Hf/c1-21(2,3)19-18(20-22(4,5)6)17-14-10-9-13-16(17)15-11-7-8-12-15;;;/h7-15H,1-6H3,(H,19,20);2*1H;/q;;;+2/p-2. The number of amidine groups is 1. The molecule has 1 aliphatic carbocycles. The van der Waals surface area contributed by atoms with Gasteiger partial charge in [-0.3, -0.25) is 0 Å². The third-order valence-electron chi connectivity index (χ3n) is 3.26. The average Bonchev–Trinajstić information content (AvgIpc) is 2.88. The second-order valence-corrected chi connectivity index (χ2v) is 17.2. The first kappa shape index (κ1) is 27.3. The minimum atomic E-state index is -1.55. The molecule has 2 nitrogen and oxygen atoms in total. The zero-order chi connectivity index (χ0) is 16.4. The van der Waals surface area contributed by atoms with Crippen LogP contribution in [-0.4, -0.2) is 22.3 Å². The SMILES string of the molecule is C[Si](C)(C)N=C(N[Si](C)(C)C)c1ccccc1C1C=CC=C1.[Cl-].[Cl-].[Hf+2]. The maximum absolute atomic E-state index is 5.13. The van der Waals surface area contributed by atoms with E-state index in [9.17, 15) is 0 Å². The third-order valence-corrected chi connectivity index (χ3v) is 5.14. The molecule has 0 fully saturated rings. The molecule has 0 aliphatic heterocycles. The molecule has 0 amide bonds. The Kier molecular flexibility index (Phi) is 12.0. The summed E-state index contributed by atoms with van der Waals surface area (Å²) in [5.74, 6) is 1.47. The Bertz CT molecular complexity index is 621. The topological polar surface area (TPSA) is 24.4 Å². The van der Waals surface area contributed by atoms with Gasteiger partial charge in [-0.2, -0.15) is 0 Å². The summed E-state index contributed by atoms with van der Waals surface area (Å²) in [7, 11) is -3.01. The molecule has 136 valence electrons. The molecule has 1 N–H and O–H groups in total. The summed E-state index contributed by atoms with van der Waals surface area (Å²) in [5.41, 5.74) is 2.60. The molecule has 1 aliphatic rings. The van der Waals surface area contributed by atoms with Crippen molar-refractivity contribution in [2.45, 2.75) is 45.2 Å². The van der Waals surface area contributed by atoms with Crippen LogP contribution in [-0.2, 0) is 25.8 Å². The predicted molar refractivity (Wildman–Crippen MR) is 104 cm³/mol. The summed E-state index contributed by atoms with van der Waals surface area (Å²) in [5, 5.41) is 0. The van der Waals surface area contributed by atoms with Crippen LogP contribution in [0.5, 0.6) is 0 Å². The molecule has 25 heavy (non-hydrogen) atoms. The molecule has 1 aromatic rings. The van der Waals surface area contributed by atoms with Gasteiger partial charge < -0.3 is 34.5 Å². The molecule has 0 spiro atoms. The van der Waals surface area contributed by atoms with Gasteiger partial charge >= 0.3 is 25.8 Å². The number of allylic oxidation sites excluding steroid dienone is 4. The van der Waals surface area contributed by atoms with E-state index in [2.05, 4.69) is 92.8 Å². The minimum Gasteiger partial charge on any atom is -1.00 e. The van der Waals surface area contributed by atoms with Crippen molar-refractivity contribution in [2.75, 3.05) is 0 Å². The van der Waals surface area contributed by atoms with E-state index < -0.39 is 16.5 Å². The molecule has 0 aromatic heterocycles. The van der Waals surface area contributed by atoms with Crippen LogP contribution in [0.3, 0.4) is 0 Å². The molecule has 0 saturated carbocycles. The molecule has 7 heteroatoms. The van der Waals surface area contributed by atoms with Gasteiger partial charge in [0, 0.05) is 11.5 Å². The number of benzene rings is 1. The minimum absolute atomic E-state index is 0. The van der Waals surface area contributed by atoms with Crippen molar-refractivity contribution in [3.05, 3.63) is 59.7 Å². The van der Waals surface area contributed by atoms with Gasteiger partial charge in [0.25, 0.3) is 0 Å². The van der Waals surface area contributed by atoms with E-state index >= 15 is 0 Å². The quantitative estimate of drug-likeness (QED) is 0.275. The molecule has 0 unspecified atom stereocenters. The summed E-state index contributed by atoms with van der Waals surface area (Å²) in [6.45, 7) is 13.8. The Balaban J connectivity index is 0. The van der Waals surface area contributed by atoms with Gasteiger partial charge in [0.15, 0.2) is 8.24 Å². The molecule has 0 heterocycles. The summed E-state index contributed by atoms with van der Waals surface area (Å²) >= 11 is 0. The fourth-order valence-electron chi connectivity index (χ4n) is 2.49. The first-order valence-electron chi connectivity index (χ1n) is 7.98. The summed E-state index contributed by atoms with van der Waals surface area (Å²) < 4.78 is 5.13. The fraction of sp³-hybridized carbons (Fsp3) is 0.389. The van der Waals surface area contributed by atoms with Crippen LogP contribution in [0.25, 0.3) is 0 Å². The van der Waals surface area contributed by atoms with Crippen LogP contribution in [0.4, 0.5) is 0 Å². The third kappa shape index (κ3) is 9.00. The van der Waals surface area contributed by atoms with Crippen LogP contribution in [0.1, 0.15) is 17.0 Å². The first-order chi connectivity index (χ1) is 10.2. The largest absolute Gasteiger partial charge is 2.00 e. The van der Waals surface area contributed by atoms with Crippen LogP contribution in [0.15, 0.2) is 53.2 Å². The van der Waals surface area contributed by atoms with E-state index in [1.807, 2.05) is 0 Å². The first-order valence-corrected chi connectivity index (χ1v) is 14.9. The number of nitrogens with one attached hydrogen (secondary N) is 1. The van der Waals surface area contributed by atoms with E-state index in [4.69, 9.17) is 4.66 Å². The maximum atomic E-state index is 5.13. The smallest absolute Gasteiger partial charge is 1.00 e. The zero-order valence-electron chi connectivity index (χ0n) is 15.9. The van der Waals surface area contributed by atoms with E-state index in [0.29, 0.717) is 5.92 Å². The predicted octanol–water partition coefficient (Wildman–Crippen LogP) is -1.09. The number of rotatable bonds is 4. The van der Waals surface area contributed by atoms with Gasteiger partial charge in [0.2, 0.25) is 0 Å². The van der Waals surface area contributed by atoms with Crippen molar-refractivity contribution in [1.29, 1.82) is 0 Å². The van der Waals surface area contributed by atoms with Gasteiger partial charge in [-0.25, -0.2) is 0 Å². The molecule has 0 saturated heterocycles. The molecule has 0 radical (unpaired) electrons. The molecular formula is C18H28Cl2HfN2Si2. The fourth-order valence-corrected chi connectivity index (χ4v) is 4.35. The van der Waals surface area contributed by atoms with Crippen molar-refractivity contribution < 1.29 is 50.7 Å². The Morgan fingerprint density at radius 1 is 0.920 bits per heavy atom. The second kappa shape index (κ2) is 11.0. The van der Waals surface area contributed by atoms with Crippen LogP contribution in [0.2, 0.25) is 39.3 Å². The van der Waals surface area contributed by atoms with Crippen LogP contribution < -0.4 is 29.8 Å². The van der Waals surface area contributed by atoms with Crippen molar-refractivity contribution in [3.63, 3.8) is 0 Å². The van der Waals surface area contributed by atoms with Gasteiger partial charge in [0.1, 0.15) is 14.1 Å². The van der Waals surface area contributed by atoms with E-state index in [1.165, 1.54) is 11.1 Å². The van der Waals surface area contributed by atoms with Crippen molar-refractivity contribution >= 4 is 22.3 Å². The van der Waals surface area contributed by atoms with E-state index in [0.717, 1.165) is 5.84 Å². The Labute approximate surface area is 186 Å². The molecule has 2 rings (SSSR count). The van der Waals surface area contributed by atoms with Gasteiger partial charge in [-0.05, 0) is 25.2 Å². The molecular weight excluding hydrogens is 550 g/mol. The molecule has 0 atom stereocenters. The van der Waals surface area contributed by atoms with E-state index in [-0.39, 0.29) is 50.7 Å². The Hall–Kier alpha value is 0.0539. The Morgan fingerprint density at radius 3 is 1.92 bits per heavy atom. The second-order valence-electron chi connectivity index (χ2n) is 7.89. The number of nitrogens with zero attached hydrogens (tertiary/aromatic N) is 1. The monoisotopic (exact) mass is 578 g/mol. The molecule has 0 bridgehead atoms. The van der Waals surface area contributed by atoms with Gasteiger partial charge in [-0.1, -0.05) is 68.2 Å². The number of hydrogen-bond acceptors (Lipinski definition) is 1.